The lowest BCUT2D eigenvalue weighted by atomic mass is 9.86. The van der Waals surface area contributed by atoms with Crippen LogP contribution < -0.4 is 0 Å². The Morgan fingerprint density at radius 2 is 1.75 bits per heavy atom. The minimum atomic E-state index is -0.484. The van der Waals surface area contributed by atoms with Crippen molar-refractivity contribution in [1.82, 2.24) is 4.90 Å². The number of aliphatic hydroxyl groups is 1. The number of hydrogen-bond donors (Lipinski definition) is 1. The van der Waals surface area contributed by atoms with Crippen LogP contribution in [0.3, 0.4) is 0 Å². The van der Waals surface area contributed by atoms with Crippen molar-refractivity contribution in [2.24, 2.45) is 0 Å². The summed E-state index contributed by atoms with van der Waals surface area (Å²) in [5.74, 6) is -0.484. The van der Waals surface area contributed by atoms with Crippen LogP contribution in [0.4, 0.5) is 0 Å². The van der Waals surface area contributed by atoms with Crippen molar-refractivity contribution >= 4 is 0 Å². The van der Waals surface area contributed by atoms with Crippen LogP contribution >= 0.6 is 0 Å². The number of methoxy groups -OCH3 is 2. The summed E-state index contributed by atoms with van der Waals surface area (Å²) in [6.07, 6.45) is 1.85. The van der Waals surface area contributed by atoms with Crippen molar-refractivity contribution < 1.29 is 24.1 Å². The minimum absolute atomic E-state index is 0.0344. The van der Waals surface area contributed by atoms with E-state index in [1.165, 1.54) is 0 Å². The zero-order valence-electron chi connectivity index (χ0n) is 12.5. The summed E-state index contributed by atoms with van der Waals surface area (Å²) in [6.45, 7) is 4.14. The van der Waals surface area contributed by atoms with E-state index in [1.54, 1.807) is 14.2 Å². The average Bonchev–Trinajstić information content (AvgIpc) is 2.91. The van der Waals surface area contributed by atoms with Gasteiger partial charge < -0.3 is 24.1 Å². The highest BCUT2D eigenvalue weighted by Gasteiger charge is 2.46. The molecule has 0 bridgehead atoms. The SMILES string of the molecule is COCCN(CCOC)C1CC2(CCC1O)OCCO2. The molecule has 1 heterocycles. The Morgan fingerprint density at radius 3 is 2.30 bits per heavy atom. The third kappa shape index (κ3) is 3.90. The summed E-state index contributed by atoms with van der Waals surface area (Å²) < 4.78 is 21.9. The molecule has 2 atom stereocenters. The van der Waals surface area contributed by atoms with Crippen LogP contribution in [0.1, 0.15) is 19.3 Å². The van der Waals surface area contributed by atoms with Gasteiger partial charge in [-0.1, -0.05) is 0 Å². The van der Waals surface area contributed by atoms with Gasteiger partial charge in [-0.2, -0.15) is 0 Å². The minimum Gasteiger partial charge on any atom is -0.391 e. The molecule has 0 aromatic carbocycles. The molecule has 1 spiro atoms. The van der Waals surface area contributed by atoms with Crippen molar-refractivity contribution in [3.8, 4) is 0 Å². The molecule has 0 aromatic heterocycles. The van der Waals surface area contributed by atoms with E-state index in [4.69, 9.17) is 18.9 Å². The monoisotopic (exact) mass is 289 g/mol. The summed E-state index contributed by atoms with van der Waals surface area (Å²) in [5.41, 5.74) is 0. The Hall–Kier alpha value is -0.240. The van der Waals surface area contributed by atoms with E-state index in [9.17, 15) is 5.11 Å². The highest BCUT2D eigenvalue weighted by atomic mass is 16.7. The molecule has 2 aliphatic rings. The smallest absolute Gasteiger partial charge is 0.170 e. The molecule has 0 amide bonds. The summed E-state index contributed by atoms with van der Waals surface area (Å²) in [5, 5.41) is 10.3. The second-order valence-electron chi connectivity index (χ2n) is 5.51. The van der Waals surface area contributed by atoms with E-state index in [1.807, 2.05) is 0 Å². The molecule has 1 aliphatic carbocycles. The van der Waals surface area contributed by atoms with Gasteiger partial charge in [0.05, 0.1) is 32.5 Å². The molecular weight excluding hydrogens is 262 g/mol. The van der Waals surface area contributed by atoms with Crippen LogP contribution in [0.25, 0.3) is 0 Å². The second kappa shape index (κ2) is 7.68. The maximum Gasteiger partial charge on any atom is 0.170 e. The fourth-order valence-electron chi connectivity index (χ4n) is 3.11. The molecule has 2 fully saturated rings. The molecule has 118 valence electrons. The van der Waals surface area contributed by atoms with Crippen molar-refractivity contribution in [3.05, 3.63) is 0 Å². The molecule has 1 N–H and O–H groups in total. The van der Waals surface area contributed by atoms with Gasteiger partial charge in [0.25, 0.3) is 0 Å². The number of aliphatic hydroxyl groups excluding tert-OH is 1. The largest absolute Gasteiger partial charge is 0.391 e. The van der Waals surface area contributed by atoms with Crippen molar-refractivity contribution in [2.45, 2.75) is 37.2 Å². The zero-order valence-corrected chi connectivity index (χ0v) is 12.5. The van der Waals surface area contributed by atoms with E-state index >= 15 is 0 Å². The van der Waals surface area contributed by atoms with Gasteiger partial charge in [0.1, 0.15) is 0 Å². The molecule has 1 saturated carbocycles. The fraction of sp³-hybridized carbons (Fsp3) is 1.00. The van der Waals surface area contributed by atoms with Crippen LogP contribution in [0.5, 0.6) is 0 Å². The number of hydrogen-bond acceptors (Lipinski definition) is 6. The molecule has 0 aromatic rings. The Balaban J connectivity index is 1.99. The first-order valence-corrected chi connectivity index (χ1v) is 7.39. The summed E-state index contributed by atoms with van der Waals surface area (Å²) in [6, 6.07) is 0.0344. The van der Waals surface area contributed by atoms with Crippen molar-refractivity contribution in [1.29, 1.82) is 0 Å². The first-order valence-electron chi connectivity index (χ1n) is 7.39. The van der Waals surface area contributed by atoms with E-state index < -0.39 is 5.79 Å². The van der Waals surface area contributed by atoms with Crippen LogP contribution in [0, 0.1) is 0 Å². The highest BCUT2D eigenvalue weighted by Crippen LogP contribution is 2.37. The van der Waals surface area contributed by atoms with E-state index in [0.29, 0.717) is 39.3 Å². The van der Waals surface area contributed by atoms with E-state index in [2.05, 4.69) is 4.90 Å². The maximum absolute atomic E-state index is 10.3. The topological polar surface area (TPSA) is 60.4 Å². The van der Waals surface area contributed by atoms with E-state index in [0.717, 1.165) is 19.5 Å². The third-order valence-electron chi connectivity index (χ3n) is 4.23. The van der Waals surface area contributed by atoms with Crippen LogP contribution in [-0.2, 0) is 18.9 Å². The normalized spacial score (nSPS) is 29.4. The lowest BCUT2D eigenvalue weighted by Gasteiger charge is -2.44. The summed E-state index contributed by atoms with van der Waals surface area (Å²) in [7, 11) is 3.38. The summed E-state index contributed by atoms with van der Waals surface area (Å²) in [4.78, 5) is 2.23. The predicted molar refractivity (Wildman–Crippen MR) is 73.6 cm³/mol. The Bertz CT molecular complexity index is 275. The van der Waals surface area contributed by atoms with Crippen LogP contribution in [0.2, 0.25) is 0 Å². The standard InChI is InChI=1S/C14H27NO5/c1-17-7-5-15(6-8-18-2)12-11-14(4-3-13(12)16)19-9-10-20-14/h12-13,16H,3-11H2,1-2H3. The predicted octanol–water partition coefficient (Wildman–Crippen LogP) is 0.238. The third-order valence-corrected chi connectivity index (χ3v) is 4.23. The number of rotatable bonds is 7. The second-order valence-corrected chi connectivity index (χ2v) is 5.51. The molecule has 0 radical (unpaired) electrons. The molecule has 1 aliphatic heterocycles. The Morgan fingerprint density at radius 1 is 1.15 bits per heavy atom. The zero-order chi connectivity index (χ0) is 14.4. The lowest BCUT2D eigenvalue weighted by Crippen LogP contribution is -2.54. The van der Waals surface area contributed by atoms with Gasteiger partial charge in [-0.05, 0) is 6.42 Å². The molecule has 2 unspecified atom stereocenters. The van der Waals surface area contributed by atoms with Gasteiger partial charge >= 0.3 is 0 Å². The quantitative estimate of drug-likeness (QED) is 0.724. The number of ether oxygens (including phenoxy) is 4. The fourth-order valence-corrected chi connectivity index (χ4v) is 3.11. The van der Waals surface area contributed by atoms with Crippen LogP contribution in [-0.4, -0.2) is 81.7 Å². The Kier molecular flexibility index (Phi) is 6.20. The molecule has 1 saturated heterocycles. The average molecular weight is 289 g/mol. The van der Waals surface area contributed by atoms with Gasteiger partial charge in [-0.3, -0.25) is 4.90 Å². The van der Waals surface area contributed by atoms with Gasteiger partial charge in [0, 0.05) is 46.2 Å². The maximum atomic E-state index is 10.3. The highest BCUT2D eigenvalue weighted by molar-refractivity contribution is 4.93. The molecule has 6 nitrogen and oxygen atoms in total. The molecule has 6 heteroatoms. The van der Waals surface area contributed by atoms with Gasteiger partial charge in [-0.25, -0.2) is 0 Å². The summed E-state index contributed by atoms with van der Waals surface area (Å²) >= 11 is 0. The van der Waals surface area contributed by atoms with Crippen molar-refractivity contribution in [3.63, 3.8) is 0 Å². The van der Waals surface area contributed by atoms with Gasteiger partial charge in [0.2, 0.25) is 0 Å². The van der Waals surface area contributed by atoms with Gasteiger partial charge in [0.15, 0.2) is 5.79 Å². The Labute approximate surface area is 120 Å². The molecule has 2 rings (SSSR count). The first kappa shape index (κ1) is 16.1. The molecule has 20 heavy (non-hydrogen) atoms. The number of nitrogens with zero attached hydrogens (tertiary/aromatic N) is 1. The lowest BCUT2D eigenvalue weighted by molar-refractivity contribution is -0.206. The van der Waals surface area contributed by atoms with Gasteiger partial charge in [-0.15, -0.1) is 0 Å². The van der Waals surface area contributed by atoms with Crippen molar-refractivity contribution in [2.75, 3.05) is 53.7 Å². The van der Waals surface area contributed by atoms with E-state index in [-0.39, 0.29) is 12.1 Å². The van der Waals surface area contributed by atoms with Crippen LogP contribution in [0.15, 0.2) is 0 Å². The molecular formula is C14H27NO5. The first-order chi connectivity index (χ1) is 9.71.